The number of carbonyl (C=O) groups is 1. The third-order valence-corrected chi connectivity index (χ3v) is 5.17. The van der Waals surface area contributed by atoms with Gasteiger partial charge in [0.2, 0.25) is 5.91 Å². The maximum absolute atomic E-state index is 12.3. The van der Waals surface area contributed by atoms with E-state index in [-0.39, 0.29) is 16.2 Å². The third-order valence-electron chi connectivity index (χ3n) is 3.34. The van der Waals surface area contributed by atoms with Gasteiger partial charge in [0.05, 0.1) is 4.90 Å². The van der Waals surface area contributed by atoms with Crippen LogP contribution in [0.5, 0.6) is 0 Å². The quantitative estimate of drug-likeness (QED) is 0.835. The smallest absolute Gasteiger partial charge is 0.266 e. The molecule has 1 aliphatic rings. The lowest BCUT2D eigenvalue weighted by Crippen LogP contribution is -2.31. The van der Waals surface area contributed by atoms with Crippen LogP contribution in [0.4, 0.5) is 0 Å². The first-order valence-electron chi connectivity index (χ1n) is 6.39. The van der Waals surface area contributed by atoms with Gasteiger partial charge < -0.3 is 0 Å². The van der Waals surface area contributed by atoms with E-state index in [1.807, 2.05) is 12.1 Å². The van der Waals surface area contributed by atoms with Crippen molar-refractivity contribution in [1.82, 2.24) is 4.31 Å². The molecule has 0 N–H and O–H groups in total. The van der Waals surface area contributed by atoms with Crippen molar-refractivity contribution in [2.75, 3.05) is 6.54 Å². The Labute approximate surface area is 114 Å². The van der Waals surface area contributed by atoms with Gasteiger partial charge in [-0.3, -0.25) is 4.79 Å². The molecule has 19 heavy (non-hydrogen) atoms. The van der Waals surface area contributed by atoms with Crippen LogP contribution in [0.1, 0.15) is 39.2 Å². The standard InChI is InChI=1S/C14H19NO3S/c1-14(2,3)11-6-8-12(9-7-11)19(17,18)15-10-4-5-13(15)16/h6-9H,4-5,10H2,1-3H3. The molecule has 2 rings (SSSR count). The molecule has 1 heterocycles. The summed E-state index contributed by atoms with van der Waals surface area (Å²) in [5.41, 5.74) is 1.05. The average Bonchev–Trinajstić information content (AvgIpc) is 2.75. The summed E-state index contributed by atoms with van der Waals surface area (Å²) < 4.78 is 25.6. The number of benzene rings is 1. The van der Waals surface area contributed by atoms with Crippen molar-refractivity contribution in [3.8, 4) is 0 Å². The first-order valence-corrected chi connectivity index (χ1v) is 7.83. The number of carbonyl (C=O) groups excluding carboxylic acids is 1. The van der Waals surface area contributed by atoms with Crippen LogP contribution in [0.25, 0.3) is 0 Å². The van der Waals surface area contributed by atoms with Crippen molar-refractivity contribution in [1.29, 1.82) is 0 Å². The van der Waals surface area contributed by atoms with E-state index in [0.717, 1.165) is 9.87 Å². The first-order chi connectivity index (χ1) is 8.73. The van der Waals surface area contributed by atoms with Crippen LogP contribution >= 0.6 is 0 Å². The molecule has 1 aromatic carbocycles. The Morgan fingerprint density at radius 1 is 1.11 bits per heavy atom. The lowest BCUT2D eigenvalue weighted by Gasteiger charge is -2.20. The zero-order valence-corrected chi connectivity index (χ0v) is 12.3. The van der Waals surface area contributed by atoms with E-state index < -0.39 is 10.0 Å². The monoisotopic (exact) mass is 281 g/mol. The number of hydrogen-bond acceptors (Lipinski definition) is 3. The Morgan fingerprint density at radius 2 is 1.68 bits per heavy atom. The molecule has 1 aliphatic heterocycles. The summed E-state index contributed by atoms with van der Waals surface area (Å²) in [6, 6.07) is 6.80. The fraction of sp³-hybridized carbons (Fsp3) is 0.500. The van der Waals surface area contributed by atoms with Gasteiger partial charge >= 0.3 is 0 Å². The number of nitrogens with zero attached hydrogens (tertiary/aromatic N) is 1. The van der Waals surface area contributed by atoms with Gasteiger partial charge in [0.25, 0.3) is 10.0 Å². The summed E-state index contributed by atoms with van der Waals surface area (Å²) in [6.07, 6.45) is 0.928. The second-order valence-electron chi connectivity index (χ2n) is 5.85. The van der Waals surface area contributed by atoms with E-state index in [1.54, 1.807) is 12.1 Å². The maximum atomic E-state index is 12.3. The molecule has 0 radical (unpaired) electrons. The van der Waals surface area contributed by atoms with E-state index in [9.17, 15) is 13.2 Å². The Balaban J connectivity index is 2.34. The number of amides is 1. The number of sulfonamides is 1. The zero-order valence-electron chi connectivity index (χ0n) is 11.5. The molecule has 1 aromatic rings. The summed E-state index contributed by atoms with van der Waals surface area (Å²) in [5.74, 6) is -0.306. The topological polar surface area (TPSA) is 54.5 Å². The Kier molecular flexibility index (Phi) is 3.43. The largest absolute Gasteiger partial charge is 0.274 e. The van der Waals surface area contributed by atoms with Gasteiger partial charge in [0.1, 0.15) is 0 Å². The minimum absolute atomic E-state index is 0.0221. The highest BCUT2D eigenvalue weighted by molar-refractivity contribution is 7.89. The average molecular weight is 281 g/mol. The Morgan fingerprint density at radius 3 is 2.11 bits per heavy atom. The van der Waals surface area contributed by atoms with Crippen molar-refractivity contribution < 1.29 is 13.2 Å². The second kappa shape index (κ2) is 4.63. The summed E-state index contributed by atoms with van der Waals surface area (Å²) in [4.78, 5) is 11.8. The summed E-state index contributed by atoms with van der Waals surface area (Å²) >= 11 is 0. The SMILES string of the molecule is CC(C)(C)c1ccc(S(=O)(=O)N2CCCC2=O)cc1. The molecule has 0 saturated carbocycles. The molecule has 5 heteroatoms. The normalized spacial score (nSPS) is 17.0. The number of rotatable bonds is 2. The minimum Gasteiger partial charge on any atom is -0.274 e. The van der Waals surface area contributed by atoms with E-state index >= 15 is 0 Å². The lowest BCUT2D eigenvalue weighted by atomic mass is 9.87. The van der Waals surface area contributed by atoms with Crippen LogP contribution in [-0.2, 0) is 20.2 Å². The Bertz CT molecular complexity index is 582. The van der Waals surface area contributed by atoms with Crippen molar-refractivity contribution >= 4 is 15.9 Å². The van der Waals surface area contributed by atoms with E-state index in [1.165, 1.54) is 0 Å². The van der Waals surface area contributed by atoms with Crippen molar-refractivity contribution in [2.45, 2.75) is 43.9 Å². The third kappa shape index (κ3) is 2.66. The molecule has 1 amide bonds. The van der Waals surface area contributed by atoms with E-state index in [0.29, 0.717) is 19.4 Å². The highest BCUT2D eigenvalue weighted by Gasteiger charge is 2.32. The molecule has 0 aliphatic carbocycles. The fourth-order valence-corrected chi connectivity index (χ4v) is 3.59. The van der Waals surface area contributed by atoms with Crippen LogP contribution in [0.15, 0.2) is 29.2 Å². The molecule has 1 saturated heterocycles. The molecular formula is C14H19NO3S. The molecular weight excluding hydrogens is 262 g/mol. The van der Waals surface area contributed by atoms with E-state index in [2.05, 4.69) is 20.8 Å². The fourth-order valence-electron chi connectivity index (χ4n) is 2.13. The van der Waals surface area contributed by atoms with Crippen LogP contribution in [0.2, 0.25) is 0 Å². The van der Waals surface area contributed by atoms with Gasteiger partial charge in [0.15, 0.2) is 0 Å². The minimum atomic E-state index is -3.67. The molecule has 0 bridgehead atoms. The van der Waals surface area contributed by atoms with Crippen LogP contribution in [-0.4, -0.2) is 25.2 Å². The van der Waals surface area contributed by atoms with Crippen LogP contribution in [0, 0.1) is 0 Å². The predicted molar refractivity (Wildman–Crippen MR) is 73.3 cm³/mol. The van der Waals surface area contributed by atoms with Gasteiger partial charge in [-0.25, -0.2) is 12.7 Å². The van der Waals surface area contributed by atoms with Crippen LogP contribution in [0.3, 0.4) is 0 Å². The van der Waals surface area contributed by atoms with Gasteiger partial charge in [-0.1, -0.05) is 32.9 Å². The molecule has 0 unspecified atom stereocenters. The number of hydrogen-bond donors (Lipinski definition) is 0. The predicted octanol–water partition coefficient (Wildman–Crippen LogP) is 2.30. The molecule has 104 valence electrons. The Hall–Kier alpha value is -1.36. The highest BCUT2D eigenvalue weighted by Crippen LogP contribution is 2.26. The molecule has 0 spiro atoms. The zero-order chi connectivity index (χ0) is 14.3. The van der Waals surface area contributed by atoms with Gasteiger partial charge in [-0.05, 0) is 29.5 Å². The molecule has 0 atom stereocenters. The molecule has 0 aromatic heterocycles. The summed E-state index contributed by atoms with van der Waals surface area (Å²) in [5, 5.41) is 0. The van der Waals surface area contributed by atoms with Crippen LogP contribution < -0.4 is 0 Å². The lowest BCUT2D eigenvalue weighted by molar-refractivity contribution is -0.123. The van der Waals surface area contributed by atoms with Crippen molar-refractivity contribution in [3.63, 3.8) is 0 Å². The van der Waals surface area contributed by atoms with Crippen molar-refractivity contribution in [2.24, 2.45) is 0 Å². The highest BCUT2D eigenvalue weighted by atomic mass is 32.2. The molecule has 1 fully saturated rings. The summed E-state index contributed by atoms with van der Waals surface area (Å²) in [7, 11) is -3.67. The maximum Gasteiger partial charge on any atom is 0.266 e. The molecule has 4 nitrogen and oxygen atoms in total. The van der Waals surface area contributed by atoms with Gasteiger partial charge in [-0.15, -0.1) is 0 Å². The second-order valence-corrected chi connectivity index (χ2v) is 7.71. The van der Waals surface area contributed by atoms with E-state index in [4.69, 9.17) is 0 Å². The summed E-state index contributed by atoms with van der Waals surface area (Å²) in [6.45, 7) is 6.50. The van der Waals surface area contributed by atoms with Crippen molar-refractivity contribution in [3.05, 3.63) is 29.8 Å². The van der Waals surface area contributed by atoms with Gasteiger partial charge in [-0.2, -0.15) is 0 Å². The van der Waals surface area contributed by atoms with Gasteiger partial charge in [0, 0.05) is 13.0 Å². The first kappa shape index (κ1) is 14.1.